The van der Waals surface area contributed by atoms with Crippen LogP contribution in [0.5, 0.6) is 5.75 Å². The summed E-state index contributed by atoms with van der Waals surface area (Å²) in [5.74, 6) is -0.169. The summed E-state index contributed by atoms with van der Waals surface area (Å²) < 4.78 is 28.9. The largest absolute Gasteiger partial charge is 0.434 e. The van der Waals surface area contributed by atoms with Gasteiger partial charge in [0, 0.05) is 15.6 Å². The second kappa shape index (κ2) is 4.70. The number of benzene rings is 1. The van der Waals surface area contributed by atoms with Crippen LogP contribution < -0.4 is 4.74 Å². The van der Waals surface area contributed by atoms with Crippen molar-refractivity contribution in [3.63, 3.8) is 0 Å². The zero-order valence-corrected chi connectivity index (χ0v) is 9.77. The number of ether oxygens (including phenoxy) is 1. The number of hydrogen-bond acceptors (Lipinski definition) is 2. The van der Waals surface area contributed by atoms with Crippen LogP contribution in [0.25, 0.3) is 0 Å². The molecule has 0 saturated heterocycles. The highest BCUT2D eigenvalue weighted by atomic mass is 79.9. The smallest absolute Gasteiger partial charge is 0.387 e. The normalized spacial score (nSPS) is 10.5. The highest BCUT2D eigenvalue weighted by Crippen LogP contribution is 2.28. The summed E-state index contributed by atoms with van der Waals surface area (Å²) in [7, 11) is 0. The molecule has 0 fully saturated rings. The third kappa shape index (κ3) is 2.99. The van der Waals surface area contributed by atoms with E-state index in [0.29, 0.717) is 15.6 Å². The van der Waals surface area contributed by atoms with Crippen molar-refractivity contribution >= 4 is 21.7 Å². The lowest BCUT2D eigenvalue weighted by Crippen LogP contribution is -2.06. The van der Waals surface area contributed by atoms with E-state index in [-0.39, 0.29) is 11.5 Å². The molecule has 0 aromatic heterocycles. The van der Waals surface area contributed by atoms with Gasteiger partial charge in [-0.3, -0.25) is 4.79 Å². The number of hydrogen-bond donors (Lipinski definition) is 0. The average Bonchev–Trinajstić information content (AvgIpc) is 2.09. The van der Waals surface area contributed by atoms with Crippen molar-refractivity contribution < 1.29 is 18.3 Å². The first-order valence-electron chi connectivity index (χ1n) is 4.17. The van der Waals surface area contributed by atoms with Gasteiger partial charge in [-0.25, -0.2) is 0 Å². The number of carbonyl (C=O) groups is 1. The molecule has 0 aliphatic carbocycles. The summed E-state index contributed by atoms with van der Waals surface area (Å²) in [5, 5.41) is 0. The van der Waals surface area contributed by atoms with Gasteiger partial charge in [0.15, 0.2) is 5.78 Å². The third-order valence-electron chi connectivity index (χ3n) is 1.92. The van der Waals surface area contributed by atoms with Crippen molar-refractivity contribution in [3.05, 3.63) is 27.7 Å². The predicted molar refractivity (Wildman–Crippen MR) is 55.5 cm³/mol. The molecule has 5 heteroatoms. The van der Waals surface area contributed by atoms with Gasteiger partial charge >= 0.3 is 6.61 Å². The van der Waals surface area contributed by atoms with Gasteiger partial charge in [-0.2, -0.15) is 8.78 Å². The fourth-order valence-electron chi connectivity index (χ4n) is 1.24. The van der Waals surface area contributed by atoms with Gasteiger partial charge in [0.1, 0.15) is 5.75 Å². The summed E-state index contributed by atoms with van der Waals surface area (Å²) in [6.45, 7) is 0.0553. The van der Waals surface area contributed by atoms with Gasteiger partial charge in [-0.15, -0.1) is 0 Å². The van der Waals surface area contributed by atoms with E-state index in [1.165, 1.54) is 13.0 Å². The van der Waals surface area contributed by atoms with Gasteiger partial charge in [-0.05, 0) is 26.0 Å². The van der Waals surface area contributed by atoms with Crippen LogP contribution in [0.3, 0.4) is 0 Å². The van der Waals surface area contributed by atoms with Crippen LogP contribution in [0.2, 0.25) is 0 Å². The lowest BCUT2D eigenvalue weighted by Gasteiger charge is -2.11. The first-order valence-corrected chi connectivity index (χ1v) is 4.97. The van der Waals surface area contributed by atoms with E-state index in [4.69, 9.17) is 0 Å². The molecule has 82 valence electrons. The maximum atomic E-state index is 12.0. The van der Waals surface area contributed by atoms with Crippen LogP contribution in [-0.4, -0.2) is 12.4 Å². The van der Waals surface area contributed by atoms with Gasteiger partial charge in [0.05, 0.1) is 0 Å². The average molecular weight is 279 g/mol. The van der Waals surface area contributed by atoms with Crippen LogP contribution in [-0.2, 0) is 0 Å². The quantitative estimate of drug-likeness (QED) is 0.791. The number of carbonyl (C=O) groups excluding carboxylic acids is 1. The van der Waals surface area contributed by atoms with Crippen LogP contribution in [0.1, 0.15) is 22.8 Å². The molecule has 0 unspecified atom stereocenters. The Bertz CT molecular complexity index is 391. The monoisotopic (exact) mass is 278 g/mol. The fourth-order valence-corrected chi connectivity index (χ4v) is 1.67. The maximum Gasteiger partial charge on any atom is 0.387 e. The summed E-state index contributed by atoms with van der Waals surface area (Å²) in [5.41, 5.74) is 0.797. The second-order valence-electron chi connectivity index (χ2n) is 3.01. The molecule has 0 atom stereocenters. The summed E-state index contributed by atoms with van der Waals surface area (Å²) >= 11 is 3.13. The molecule has 0 amide bonds. The predicted octanol–water partition coefficient (Wildman–Crippen LogP) is 3.56. The Balaban J connectivity index is 3.22. The first-order chi connectivity index (χ1) is 6.91. The molecule has 0 bridgehead atoms. The zero-order chi connectivity index (χ0) is 11.6. The maximum absolute atomic E-state index is 12.0. The molecule has 0 aliphatic heterocycles. The Labute approximate surface area is 94.4 Å². The SMILES string of the molecule is CC(=O)c1cc(Br)cc(OC(F)F)c1C. The molecule has 2 nitrogen and oxygen atoms in total. The van der Waals surface area contributed by atoms with E-state index in [1.54, 1.807) is 13.0 Å². The Morgan fingerprint density at radius 1 is 1.47 bits per heavy atom. The van der Waals surface area contributed by atoms with Gasteiger partial charge in [0.25, 0.3) is 0 Å². The van der Waals surface area contributed by atoms with Gasteiger partial charge in [-0.1, -0.05) is 15.9 Å². The molecule has 1 aromatic carbocycles. The molecular formula is C10H9BrF2O2. The van der Waals surface area contributed by atoms with E-state index in [0.717, 1.165) is 0 Å². The van der Waals surface area contributed by atoms with Crippen molar-refractivity contribution in [2.75, 3.05) is 0 Å². The summed E-state index contributed by atoms with van der Waals surface area (Å²) in [6.07, 6.45) is 0. The van der Waals surface area contributed by atoms with Crippen LogP contribution in [0.15, 0.2) is 16.6 Å². The van der Waals surface area contributed by atoms with Crippen LogP contribution in [0.4, 0.5) is 8.78 Å². The number of alkyl halides is 2. The van der Waals surface area contributed by atoms with Gasteiger partial charge in [0.2, 0.25) is 0 Å². The number of rotatable bonds is 3. The third-order valence-corrected chi connectivity index (χ3v) is 2.38. The van der Waals surface area contributed by atoms with Crippen molar-refractivity contribution in [1.29, 1.82) is 0 Å². The Hall–Kier alpha value is -0.970. The molecule has 0 N–H and O–H groups in total. The highest BCUT2D eigenvalue weighted by Gasteiger charge is 2.13. The standard InChI is InChI=1S/C10H9BrF2O2/c1-5-8(6(2)14)3-7(11)4-9(5)15-10(12)13/h3-4,10H,1-2H3. The highest BCUT2D eigenvalue weighted by molar-refractivity contribution is 9.10. The van der Waals surface area contributed by atoms with Gasteiger partial charge < -0.3 is 4.74 Å². The van der Waals surface area contributed by atoms with E-state index in [2.05, 4.69) is 20.7 Å². The summed E-state index contributed by atoms with van der Waals surface area (Å²) in [4.78, 5) is 11.2. The zero-order valence-electron chi connectivity index (χ0n) is 8.18. The number of halogens is 3. The molecule has 0 aliphatic rings. The molecule has 0 saturated carbocycles. The molecule has 0 spiro atoms. The minimum absolute atomic E-state index is 0.0181. The molecule has 15 heavy (non-hydrogen) atoms. The molecule has 1 aromatic rings. The molecule has 0 radical (unpaired) electrons. The molecule has 1 rings (SSSR count). The Kier molecular flexibility index (Phi) is 3.79. The first kappa shape index (κ1) is 12.1. The topological polar surface area (TPSA) is 26.3 Å². The Morgan fingerprint density at radius 3 is 2.53 bits per heavy atom. The van der Waals surface area contributed by atoms with Crippen molar-refractivity contribution in [2.45, 2.75) is 20.5 Å². The van der Waals surface area contributed by atoms with E-state index in [1.807, 2.05) is 0 Å². The molecule has 0 heterocycles. The van der Waals surface area contributed by atoms with Crippen molar-refractivity contribution in [3.8, 4) is 5.75 Å². The second-order valence-corrected chi connectivity index (χ2v) is 3.93. The van der Waals surface area contributed by atoms with Crippen LogP contribution in [0, 0.1) is 6.92 Å². The Morgan fingerprint density at radius 2 is 2.07 bits per heavy atom. The lowest BCUT2D eigenvalue weighted by atomic mass is 10.1. The molecular weight excluding hydrogens is 270 g/mol. The number of Topliss-reactive ketones (excluding diaryl/α,β-unsaturated/α-hetero) is 1. The minimum Gasteiger partial charge on any atom is -0.434 e. The van der Waals surface area contributed by atoms with Crippen LogP contribution >= 0.6 is 15.9 Å². The van der Waals surface area contributed by atoms with Crippen molar-refractivity contribution in [1.82, 2.24) is 0 Å². The van der Waals surface area contributed by atoms with Crippen molar-refractivity contribution in [2.24, 2.45) is 0 Å². The van der Waals surface area contributed by atoms with E-state index >= 15 is 0 Å². The summed E-state index contributed by atoms with van der Waals surface area (Å²) in [6, 6.07) is 2.99. The fraction of sp³-hybridized carbons (Fsp3) is 0.300. The lowest BCUT2D eigenvalue weighted by molar-refractivity contribution is -0.0503. The minimum atomic E-state index is -2.89. The number of ketones is 1. The van der Waals surface area contributed by atoms with E-state index in [9.17, 15) is 13.6 Å². The van der Waals surface area contributed by atoms with E-state index < -0.39 is 6.61 Å².